The van der Waals surface area contributed by atoms with E-state index in [4.69, 9.17) is 14.5 Å². The molecule has 0 spiro atoms. The molecular weight excluding hydrogens is 155 g/mol. The Morgan fingerprint density at radius 1 is 1.30 bits per heavy atom. The van der Waals surface area contributed by atoms with Gasteiger partial charge in [0, 0.05) is 0 Å². The van der Waals surface area contributed by atoms with Crippen LogP contribution in [0.2, 0.25) is 0 Å². The molecule has 0 aromatic carbocycles. The molecule has 1 atom stereocenters. The van der Waals surface area contributed by atoms with E-state index in [0.717, 1.165) is 0 Å². The molecule has 0 saturated heterocycles. The molecule has 0 radical (unpaired) electrons. The maximum absolute atomic E-state index is 10.4. The maximum Gasteiger partial charge on any atom is 0.353 e. The SMILES string of the molecule is CC(C)OC(C)P(=O)(O)O. The van der Waals surface area contributed by atoms with Crippen molar-refractivity contribution in [2.24, 2.45) is 0 Å². The first-order valence-electron chi connectivity index (χ1n) is 3.04. The normalized spacial score (nSPS) is 15.8. The summed E-state index contributed by atoms with van der Waals surface area (Å²) in [6.07, 6.45) is -0.150. The molecule has 4 nitrogen and oxygen atoms in total. The third-order valence-corrected chi connectivity index (χ3v) is 2.01. The summed E-state index contributed by atoms with van der Waals surface area (Å²) >= 11 is 0. The van der Waals surface area contributed by atoms with Crippen molar-refractivity contribution in [2.45, 2.75) is 32.7 Å². The molecule has 1 unspecified atom stereocenters. The van der Waals surface area contributed by atoms with Crippen LogP contribution < -0.4 is 0 Å². The summed E-state index contributed by atoms with van der Waals surface area (Å²) < 4.78 is 15.3. The lowest BCUT2D eigenvalue weighted by atomic mass is 10.5. The van der Waals surface area contributed by atoms with Crippen molar-refractivity contribution >= 4 is 7.60 Å². The van der Waals surface area contributed by atoms with E-state index in [1.165, 1.54) is 6.92 Å². The summed E-state index contributed by atoms with van der Waals surface area (Å²) in [7, 11) is -4.03. The van der Waals surface area contributed by atoms with Crippen LogP contribution in [-0.2, 0) is 9.30 Å². The molecule has 0 aromatic rings. The van der Waals surface area contributed by atoms with Gasteiger partial charge in [0.1, 0.15) is 0 Å². The first-order chi connectivity index (χ1) is 4.34. The standard InChI is InChI=1S/C5H13O4P/c1-4(2)9-5(3)10(6,7)8/h4-5H,1-3H3,(H2,6,7,8). The van der Waals surface area contributed by atoms with Gasteiger partial charge in [-0.2, -0.15) is 0 Å². The van der Waals surface area contributed by atoms with E-state index in [2.05, 4.69) is 0 Å². The molecule has 0 aliphatic heterocycles. The summed E-state index contributed by atoms with van der Waals surface area (Å²) in [6.45, 7) is 4.82. The van der Waals surface area contributed by atoms with Crippen LogP contribution in [-0.4, -0.2) is 21.7 Å². The Labute approximate surface area is 60.4 Å². The van der Waals surface area contributed by atoms with E-state index in [-0.39, 0.29) is 6.10 Å². The summed E-state index contributed by atoms with van der Waals surface area (Å²) in [5, 5.41) is 0. The summed E-state index contributed by atoms with van der Waals surface area (Å²) in [6, 6.07) is 0. The van der Waals surface area contributed by atoms with Crippen LogP contribution in [0.25, 0.3) is 0 Å². The van der Waals surface area contributed by atoms with Crippen LogP contribution >= 0.6 is 7.60 Å². The lowest BCUT2D eigenvalue weighted by Crippen LogP contribution is -2.14. The Kier molecular flexibility index (Phi) is 3.52. The monoisotopic (exact) mass is 168 g/mol. The van der Waals surface area contributed by atoms with E-state index in [1.807, 2.05) is 0 Å². The van der Waals surface area contributed by atoms with Crippen molar-refractivity contribution in [1.29, 1.82) is 0 Å². The molecule has 2 N–H and O–H groups in total. The van der Waals surface area contributed by atoms with Crippen LogP contribution in [0, 0.1) is 0 Å². The minimum Gasteiger partial charge on any atom is -0.363 e. The number of ether oxygens (including phenoxy) is 1. The van der Waals surface area contributed by atoms with Crippen molar-refractivity contribution in [3.63, 3.8) is 0 Å². The minimum atomic E-state index is -4.03. The Morgan fingerprint density at radius 3 is 1.80 bits per heavy atom. The molecule has 0 aromatic heterocycles. The fraction of sp³-hybridized carbons (Fsp3) is 1.00. The van der Waals surface area contributed by atoms with Crippen molar-refractivity contribution in [3.05, 3.63) is 0 Å². The quantitative estimate of drug-likeness (QED) is 0.615. The largest absolute Gasteiger partial charge is 0.363 e. The molecule has 0 amide bonds. The van der Waals surface area contributed by atoms with Gasteiger partial charge < -0.3 is 14.5 Å². The van der Waals surface area contributed by atoms with Gasteiger partial charge in [-0.25, -0.2) is 0 Å². The second-order valence-electron chi connectivity index (χ2n) is 2.37. The lowest BCUT2D eigenvalue weighted by Gasteiger charge is -2.16. The van der Waals surface area contributed by atoms with E-state index >= 15 is 0 Å². The van der Waals surface area contributed by atoms with Gasteiger partial charge in [0.25, 0.3) is 0 Å². The molecule has 0 bridgehead atoms. The second-order valence-corrected chi connectivity index (χ2v) is 4.28. The Hall–Kier alpha value is 0.110. The highest BCUT2D eigenvalue weighted by Gasteiger charge is 2.25. The highest BCUT2D eigenvalue weighted by molar-refractivity contribution is 7.52. The van der Waals surface area contributed by atoms with Gasteiger partial charge >= 0.3 is 7.60 Å². The average Bonchev–Trinajstić information content (AvgIpc) is 1.60. The zero-order valence-electron chi connectivity index (χ0n) is 6.31. The molecule has 0 aliphatic carbocycles. The predicted octanol–water partition coefficient (Wildman–Crippen LogP) is 0.935. The zero-order chi connectivity index (χ0) is 8.36. The smallest absolute Gasteiger partial charge is 0.353 e. The Balaban J connectivity index is 3.86. The third kappa shape index (κ3) is 4.01. The van der Waals surface area contributed by atoms with Gasteiger partial charge in [-0.15, -0.1) is 0 Å². The van der Waals surface area contributed by atoms with E-state index in [0.29, 0.717) is 0 Å². The first-order valence-corrected chi connectivity index (χ1v) is 4.73. The molecule has 0 saturated carbocycles. The maximum atomic E-state index is 10.4. The molecule has 0 heterocycles. The molecule has 62 valence electrons. The Morgan fingerprint density at radius 2 is 1.70 bits per heavy atom. The van der Waals surface area contributed by atoms with Gasteiger partial charge in [-0.05, 0) is 20.8 Å². The van der Waals surface area contributed by atoms with Gasteiger partial charge in [0.15, 0.2) is 5.85 Å². The fourth-order valence-corrected chi connectivity index (χ4v) is 0.875. The molecule has 0 rings (SSSR count). The topological polar surface area (TPSA) is 66.8 Å². The third-order valence-electron chi connectivity index (χ3n) is 0.943. The summed E-state index contributed by atoms with van der Waals surface area (Å²) in [4.78, 5) is 17.0. The van der Waals surface area contributed by atoms with Crippen LogP contribution in [0.1, 0.15) is 20.8 Å². The summed E-state index contributed by atoms with van der Waals surface area (Å²) in [5.41, 5.74) is 0. The molecule has 0 aliphatic rings. The average molecular weight is 168 g/mol. The molecular formula is C5H13O4P. The zero-order valence-corrected chi connectivity index (χ0v) is 7.21. The molecule has 10 heavy (non-hydrogen) atoms. The Bertz CT molecular complexity index is 139. The van der Waals surface area contributed by atoms with Gasteiger partial charge in [-0.1, -0.05) is 0 Å². The lowest BCUT2D eigenvalue weighted by molar-refractivity contribution is 0.0484. The fourth-order valence-electron chi connectivity index (χ4n) is 0.473. The van der Waals surface area contributed by atoms with Gasteiger partial charge in [0.05, 0.1) is 6.10 Å². The van der Waals surface area contributed by atoms with Crippen LogP contribution in [0.5, 0.6) is 0 Å². The van der Waals surface area contributed by atoms with Crippen molar-refractivity contribution in [3.8, 4) is 0 Å². The minimum absolute atomic E-state index is 0.150. The van der Waals surface area contributed by atoms with Crippen molar-refractivity contribution in [2.75, 3.05) is 0 Å². The molecule has 0 fully saturated rings. The van der Waals surface area contributed by atoms with Crippen molar-refractivity contribution < 1.29 is 19.1 Å². The highest BCUT2D eigenvalue weighted by Crippen LogP contribution is 2.41. The van der Waals surface area contributed by atoms with Crippen LogP contribution in [0.15, 0.2) is 0 Å². The second kappa shape index (κ2) is 3.49. The van der Waals surface area contributed by atoms with Gasteiger partial charge in [0.2, 0.25) is 0 Å². The predicted molar refractivity (Wildman–Crippen MR) is 37.7 cm³/mol. The van der Waals surface area contributed by atoms with Crippen molar-refractivity contribution in [1.82, 2.24) is 0 Å². The van der Waals surface area contributed by atoms with Crippen LogP contribution in [0.4, 0.5) is 0 Å². The summed E-state index contributed by atoms with van der Waals surface area (Å²) in [5.74, 6) is -0.993. The first kappa shape index (κ1) is 10.1. The van der Waals surface area contributed by atoms with E-state index < -0.39 is 13.4 Å². The van der Waals surface area contributed by atoms with Crippen LogP contribution in [0.3, 0.4) is 0 Å². The highest BCUT2D eigenvalue weighted by atomic mass is 31.2. The van der Waals surface area contributed by atoms with Gasteiger partial charge in [-0.3, -0.25) is 4.57 Å². The number of rotatable bonds is 3. The van der Waals surface area contributed by atoms with E-state index in [9.17, 15) is 4.57 Å². The molecule has 5 heteroatoms. The number of hydrogen-bond donors (Lipinski definition) is 2. The van der Waals surface area contributed by atoms with E-state index in [1.54, 1.807) is 13.8 Å². The number of hydrogen-bond acceptors (Lipinski definition) is 2.